The number of hydrogen-bond acceptors (Lipinski definition) is 3. The molecule has 0 spiro atoms. The third-order valence-corrected chi connectivity index (χ3v) is 3.17. The summed E-state index contributed by atoms with van der Waals surface area (Å²) in [7, 11) is 0. The van der Waals surface area contributed by atoms with E-state index in [-0.39, 0.29) is 17.3 Å². The Kier molecular flexibility index (Phi) is 4.00. The molecule has 21 heavy (non-hydrogen) atoms. The van der Waals surface area contributed by atoms with Crippen molar-refractivity contribution in [3.8, 4) is 6.07 Å². The van der Waals surface area contributed by atoms with Gasteiger partial charge in [-0.25, -0.2) is 0 Å². The maximum absolute atomic E-state index is 13.0. The van der Waals surface area contributed by atoms with Gasteiger partial charge in [-0.3, -0.25) is 4.79 Å². The lowest BCUT2D eigenvalue weighted by molar-refractivity contribution is -0.137. The Hall–Kier alpha value is -2.33. The van der Waals surface area contributed by atoms with Gasteiger partial charge in [-0.2, -0.15) is 18.4 Å². The van der Waals surface area contributed by atoms with Crippen molar-refractivity contribution < 1.29 is 18.0 Å². The summed E-state index contributed by atoms with van der Waals surface area (Å²) in [5.74, 6) is -1.09. The zero-order valence-electron chi connectivity index (χ0n) is 10.8. The van der Waals surface area contributed by atoms with Crippen LogP contribution < -0.4 is 11.1 Å². The molecule has 0 radical (unpaired) electrons. The molecule has 2 atom stereocenters. The number of rotatable bonds is 2. The summed E-state index contributed by atoms with van der Waals surface area (Å²) in [5.41, 5.74) is 4.09. The fourth-order valence-corrected chi connectivity index (χ4v) is 2.10. The van der Waals surface area contributed by atoms with E-state index in [9.17, 15) is 18.0 Å². The van der Waals surface area contributed by atoms with Gasteiger partial charge in [0, 0.05) is 6.04 Å². The van der Waals surface area contributed by atoms with E-state index in [1.165, 1.54) is 6.07 Å². The highest BCUT2D eigenvalue weighted by atomic mass is 19.4. The number of amides is 1. The molecule has 0 fully saturated rings. The standard InChI is InChI=1S/C14H12F3N3O/c15-14(16,17)11-5-8(7-18)1-4-12(11)20-13(21)9-2-3-10(19)6-9/h1-5,9-10H,6,19H2,(H,20,21). The van der Waals surface area contributed by atoms with Crippen LogP contribution in [0.1, 0.15) is 17.5 Å². The molecule has 1 amide bonds. The number of halogens is 3. The normalized spacial score (nSPS) is 21.1. The Bertz CT molecular complexity index is 631. The largest absolute Gasteiger partial charge is 0.418 e. The lowest BCUT2D eigenvalue weighted by atomic mass is 10.1. The second-order valence-corrected chi connectivity index (χ2v) is 4.75. The lowest BCUT2D eigenvalue weighted by Crippen LogP contribution is -2.25. The molecular formula is C14H12F3N3O. The minimum absolute atomic E-state index is 0.122. The van der Waals surface area contributed by atoms with Gasteiger partial charge in [-0.05, 0) is 24.6 Å². The highest BCUT2D eigenvalue weighted by Crippen LogP contribution is 2.35. The maximum atomic E-state index is 13.0. The summed E-state index contributed by atoms with van der Waals surface area (Å²) >= 11 is 0. The van der Waals surface area contributed by atoms with Crippen LogP contribution in [-0.2, 0) is 11.0 Å². The summed E-state index contributed by atoms with van der Waals surface area (Å²) in [6.45, 7) is 0. The number of benzene rings is 1. The number of nitrogens with two attached hydrogens (primary N) is 1. The van der Waals surface area contributed by atoms with Crippen molar-refractivity contribution in [2.75, 3.05) is 5.32 Å². The van der Waals surface area contributed by atoms with E-state index in [0.29, 0.717) is 12.5 Å². The molecule has 2 rings (SSSR count). The van der Waals surface area contributed by atoms with Gasteiger partial charge < -0.3 is 11.1 Å². The van der Waals surface area contributed by atoms with Gasteiger partial charge in [0.25, 0.3) is 0 Å². The second-order valence-electron chi connectivity index (χ2n) is 4.75. The van der Waals surface area contributed by atoms with E-state index >= 15 is 0 Å². The minimum Gasteiger partial charge on any atom is -0.325 e. The van der Waals surface area contributed by atoms with Crippen molar-refractivity contribution in [3.63, 3.8) is 0 Å². The summed E-state index contributed by atoms with van der Waals surface area (Å²) in [5, 5.41) is 10.9. The molecule has 7 heteroatoms. The number of anilines is 1. The van der Waals surface area contributed by atoms with Crippen molar-refractivity contribution in [3.05, 3.63) is 41.5 Å². The number of carbonyl (C=O) groups excluding carboxylic acids is 1. The van der Waals surface area contributed by atoms with Gasteiger partial charge >= 0.3 is 6.18 Å². The van der Waals surface area contributed by atoms with Crippen molar-refractivity contribution in [2.24, 2.45) is 11.7 Å². The third-order valence-electron chi connectivity index (χ3n) is 3.17. The summed E-state index contributed by atoms with van der Waals surface area (Å²) < 4.78 is 38.9. The van der Waals surface area contributed by atoms with E-state index < -0.39 is 23.6 Å². The number of nitrogens with zero attached hydrogens (tertiary/aromatic N) is 1. The molecule has 3 N–H and O–H groups in total. The summed E-state index contributed by atoms with van der Waals surface area (Å²) in [4.78, 5) is 11.9. The van der Waals surface area contributed by atoms with Crippen molar-refractivity contribution >= 4 is 11.6 Å². The molecule has 0 aromatic heterocycles. The summed E-state index contributed by atoms with van der Waals surface area (Å²) in [6.07, 6.45) is -1.06. The van der Waals surface area contributed by atoms with Gasteiger partial charge in [0.05, 0.1) is 28.8 Å². The molecular weight excluding hydrogens is 283 g/mol. The van der Waals surface area contributed by atoms with Crippen LogP contribution in [0, 0.1) is 17.2 Å². The Morgan fingerprint density at radius 3 is 2.62 bits per heavy atom. The van der Waals surface area contributed by atoms with Crippen molar-refractivity contribution in [1.82, 2.24) is 0 Å². The van der Waals surface area contributed by atoms with Gasteiger partial charge in [-0.1, -0.05) is 12.2 Å². The molecule has 0 saturated heterocycles. The topological polar surface area (TPSA) is 78.9 Å². The molecule has 1 aromatic rings. The van der Waals surface area contributed by atoms with Crippen LogP contribution >= 0.6 is 0 Å². The first-order valence-electron chi connectivity index (χ1n) is 6.17. The van der Waals surface area contributed by atoms with Crippen LogP contribution in [0.2, 0.25) is 0 Å². The van der Waals surface area contributed by atoms with E-state index in [1.54, 1.807) is 18.2 Å². The van der Waals surface area contributed by atoms with Crippen LogP contribution in [0.15, 0.2) is 30.4 Å². The van der Waals surface area contributed by atoms with Crippen LogP contribution in [0.4, 0.5) is 18.9 Å². The molecule has 0 bridgehead atoms. The van der Waals surface area contributed by atoms with E-state index in [4.69, 9.17) is 11.0 Å². The second kappa shape index (κ2) is 5.58. The van der Waals surface area contributed by atoms with E-state index in [1.807, 2.05) is 0 Å². The number of hydrogen-bond donors (Lipinski definition) is 2. The van der Waals surface area contributed by atoms with Crippen LogP contribution in [0.25, 0.3) is 0 Å². The maximum Gasteiger partial charge on any atom is 0.418 e. The zero-order valence-corrected chi connectivity index (χ0v) is 10.8. The average Bonchev–Trinajstić information content (AvgIpc) is 2.84. The smallest absolute Gasteiger partial charge is 0.325 e. The Balaban J connectivity index is 2.26. The highest BCUT2D eigenvalue weighted by molar-refractivity contribution is 5.95. The molecule has 4 nitrogen and oxygen atoms in total. The first kappa shape index (κ1) is 15.1. The molecule has 0 heterocycles. The first-order chi connectivity index (χ1) is 9.81. The quantitative estimate of drug-likeness (QED) is 0.822. The van der Waals surface area contributed by atoms with Gasteiger partial charge in [-0.15, -0.1) is 0 Å². The highest BCUT2D eigenvalue weighted by Gasteiger charge is 2.35. The fraction of sp³-hybridized carbons (Fsp3) is 0.286. The van der Waals surface area contributed by atoms with Crippen LogP contribution in [0.3, 0.4) is 0 Å². The van der Waals surface area contributed by atoms with Crippen molar-refractivity contribution in [1.29, 1.82) is 5.26 Å². The zero-order chi connectivity index (χ0) is 15.6. The Morgan fingerprint density at radius 1 is 1.38 bits per heavy atom. The summed E-state index contributed by atoms with van der Waals surface area (Å²) in [6, 6.07) is 4.40. The molecule has 0 aliphatic heterocycles. The first-order valence-corrected chi connectivity index (χ1v) is 6.17. The van der Waals surface area contributed by atoms with E-state index in [0.717, 1.165) is 6.07 Å². The number of nitriles is 1. The molecule has 1 aromatic carbocycles. The van der Waals surface area contributed by atoms with Crippen LogP contribution in [-0.4, -0.2) is 11.9 Å². The predicted octanol–water partition coefficient (Wildman–Crippen LogP) is 2.42. The number of carbonyl (C=O) groups is 1. The van der Waals surface area contributed by atoms with Crippen LogP contribution in [0.5, 0.6) is 0 Å². The molecule has 1 aliphatic carbocycles. The van der Waals surface area contributed by atoms with E-state index in [2.05, 4.69) is 5.32 Å². The molecule has 0 saturated carbocycles. The monoisotopic (exact) mass is 295 g/mol. The third kappa shape index (κ3) is 3.41. The lowest BCUT2D eigenvalue weighted by Gasteiger charge is -2.16. The van der Waals surface area contributed by atoms with Gasteiger partial charge in [0.1, 0.15) is 0 Å². The Morgan fingerprint density at radius 2 is 2.10 bits per heavy atom. The minimum atomic E-state index is -4.66. The molecule has 110 valence electrons. The van der Waals surface area contributed by atoms with Gasteiger partial charge in [0.2, 0.25) is 5.91 Å². The number of alkyl halides is 3. The Labute approximate surface area is 119 Å². The average molecular weight is 295 g/mol. The predicted molar refractivity (Wildman–Crippen MR) is 70.0 cm³/mol. The van der Waals surface area contributed by atoms with Crippen molar-refractivity contribution in [2.45, 2.75) is 18.6 Å². The fourth-order valence-electron chi connectivity index (χ4n) is 2.10. The number of nitrogens with one attached hydrogen (secondary N) is 1. The SMILES string of the molecule is N#Cc1ccc(NC(=O)C2C=CC(N)C2)c(C(F)(F)F)c1. The molecule has 1 aliphatic rings. The van der Waals surface area contributed by atoms with Gasteiger partial charge in [0.15, 0.2) is 0 Å². The molecule has 2 unspecified atom stereocenters.